The molecule has 0 amide bonds. The van der Waals surface area contributed by atoms with Gasteiger partial charge in [-0.1, -0.05) is 36.4 Å². The van der Waals surface area contributed by atoms with Crippen molar-refractivity contribution in [2.75, 3.05) is 0 Å². The second kappa shape index (κ2) is 9.21. The maximum atomic E-state index is 14.4. The van der Waals surface area contributed by atoms with Crippen molar-refractivity contribution in [3.63, 3.8) is 0 Å². The van der Waals surface area contributed by atoms with E-state index in [4.69, 9.17) is 9.84 Å². The molecule has 0 aromatic heterocycles. The molecule has 0 aliphatic heterocycles. The molecule has 0 aliphatic carbocycles. The quantitative estimate of drug-likeness (QED) is 0.663. The number of carboxylic acid groups (broad SMARTS) is 1. The minimum Gasteiger partial charge on any atom is -0.598 e. The smallest absolute Gasteiger partial charge is 0.305 e. The lowest BCUT2D eigenvalue weighted by atomic mass is 10.0. The van der Waals surface area contributed by atoms with Crippen molar-refractivity contribution < 1.29 is 23.6 Å². The zero-order valence-electron chi connectivity index (χ0n) is 15.6. The Labute approximate surface area is 161 Å². The van der Waals surface area contributed by atoms with Crippen LogP contribution in [0.4, 0.5) is 4.39 Å². The van der Waals surface area contributed by atoms with E-state index in [1.165, 1.54) is 12.1 Å². The van der Waals surface area contributed by atoms with Crippen LogP contribution in [0.1, 0.15) is 44.4 Å². The van der Waals surface area contributed by atoms with Crippen LogP contribution < -0.4 is 9.46 Å². The molecule has 0 aliphatic rings. The predicted molar refractivity (Wildman–Crippen MR) is 103 cm³/mol. The lowest BCUT2D eigenvalue weighted by Crippen LogP contribution is -2.41. The number of carboxylic acids is 1. The van der Waals surface area contributed by atoms with Crippen molar-refractivity contribution in [2.24, 2.45) is 0 Å². The summed E-state index contributed by atoms with van der Waals surface area (Å²) in [6, 6.07) is 12.9. The highest BCUT2D eigenvalue weighted by Gasteiger charge is 2.31. The van der Waals surface area contributed by atoms with Gasteiger partial charge >= 0.3 is 5.97 Å². The Bertz CT molecular complexity index is 764. The van der Waals surface area contributed by atoms with Gasteiger partial charge in [-0.15, -0.1) is 4.72 Å². The molecule has 0 saturated carbocycles. The molecule has 2 atom stereocenters. The summed E-state index contributed by atoms with van der Waals surface area (Å²) >= 11 is -1.49. The van der Waals surface area contributed by atoms with Gasteiger partial charge in [-0.05, 0) is 44.0 Å². The fourth-order valence-corrected chi connectivity index (χ4v) is 3.13. The van der Waals surface area contributed by atoms with Crippen LogP contribution in [0.25, 0.3) is 0 Å². The van der Waals surface area contributed by atoms with Crippen LogP contribution in [-0.4, -0.2) is 20.4 Å². The van der Waals surface area contributed by atoms with E-state index in [1.54, 1.807) is 26.8 Å². The molecule has 146 valence electrons. The van der Waals surface area contributed by atoms with E-state index < -0.39 is 33.9 Å². The molecule has 2 rings (SSSR count). The van der Waals surface area contributed by atoms with Crippen molar-refractivity contribution in [1.29, 1.82) is 0 Å². The maximum Gasteiger partial charge on any atom is 0.305 e. The summed E-state index contributed by atoms with van der Waals surface area (Å²) in [6.07, 6.45) is -0.314. The van der Waals surface area contributed by atoms with Gasteiger partial charge < -0.3 is 14.4 Å². The van der Waals surface area contributed by atoms with Gasteiger partial charge in [0.25, 0.3) is 0 Å². The lowest BCUT2D eigenvalue weighted by Gasteiger charge is -2.27. The lowest BCUT2D eigenvalue weighted by molar-refractivity contribution is -0.137. The Hall–Kier alpha value is -2.09. The Balaban J connectivity index is 2.14. The standard InChI is InChI=1S/C20H24FNO4S/c1-20(2,3)27(25)22-17(12-19(23)24)15-9-10-18(16(21)11-15)26-13-14-7-5-4-6-8-14/h4-11,17,22H,12-13H2,1-3H3,(H,23,24)/t17-,27+/m1/s1. The summed E-state index contributed by atoms with van der Waals surface area (Å²) in [4.78, 5) is 11.2. The largest absolute Gasteiger partial charge is 0.598 e. The topological polar surface area (TPSA) is 81.6 Å². The first-order chi connectivity index (χ1) is 12.7. The van der Waals surface area contributed by atoms with E-state index in [0.717, 1.165) is 5.56 Å². The van der Waals surface area contributed by atoms with Crippen LogP contribution in [0.5, 0.6) is 5.75 Å². The molecule has 0 bridgehead atoms. The average Bonchev–Trinajstić information content (AvgIpc) is 2.59. The van der Waals surface area contributed by atoms with Crippen molar-refractivity contribution in [3.8, 4) is 5.75 Å². The fraction of sp³-hybridized carbons (Fsp3) is 0.350. The normalized spacial score (nSPS) is 13.8. The number of hydrogen-bond acceptors (Lipinski definition) is 4. The molecule has 7 heteroatoms. The van der Waals surface area contributed by atoms with Gasteiger partial charge in [0.1, 0.15) is 11.4 Å². The maximum absolute atomic E-state index is 14.4. The van der Waals surface area contributed by atoms with E-state index in [9.17, 15) is 13.7 Å². The van der Waals surface area contributed by atoms with Crippen molar-refractivity contribution in [2.45, 2.75) is 44.6 Å². The first-order valence-electron chi connectivity index (χ1n) is 8.53. The number of aliphatic carboxylic acids is 1. The number of carbonyl (C=O) groups is 1. The predicted octanol–water partition coefficient (Wildman–Crippen LogP) is 3.97. The Morgan fingerprint density at radius 3 is 2.48 bits per heavy atom. The Kier molecular flexibility index (Phi) is 7.24. The molecule has 0 saturated heterocycles. The summed E-state index contributed by atoms with van der Waals surface area (Å²) in [5.74, 6) is -1.58. The van der Waals surface area contributed by atoms with Crippen LogP contribution in [0.2, 0.25) is 0 Å². The molecule has 0 fully saturated rings. The summed E-state index contributed by atoms with van der Waals surface area (Å²) in [5, 5.41) is 9.14. The fourth-order valence-electron chi connectivity index (χ4n) is 2.29. The molecular weight excluding hydrogens is 369 g/mol. The summed E-state index contributed by atoms with van der Waals surface area (Å²) in [5.41, 5.74) is 1.31. The summed E-state index contributed by atoms with van der Waals surface area (Å²) in [6.45, 7) is 5.54. The molecule has 27 heavy (non-hydrogen) atoms. The number of halogens is 1. The monoisotopic (exact) mass is 393 g/mol. The number of hydrogen-bond donors (Lipinski definition) is 2. The average molecular weight is 393 g/mol. The molecule has 2 aromatic rings. The van der Waals surface area contributed by atoms with Gasteiger partial charge in [-0.2, -0.15) is 0 Å². The van der Waals surface area contributed by atoms with E-state index in [-0.39, 0.29) is 18.8 Å². The SMILES string of the molecule is CC(C)(C)[S@+]([O-])N[C@H](CC(=O)O)c1ccc(OCc2ccccc2)c(F)c1. The van der Waals surface area contributed by atoms with E-state index in [1.807, 2.05) is 30.3 Å². The number of ether oxygens (including phenoxy) is 1. The first-order valence-corrected chi connectivity index (χ1v) is 9.68. The molecule has 0 spiro atoms. The number of benzene rings is 2. The van der Waals surface area contributed by atoms with E-state index >= 15 is 0 Å². The van der Waals surface area contributed by atoms with Crippen LogP contribution in [0.3, 0.4) is 0 Å². The third-order valence-electron chi connectivity index (χ3n) is 3.78. The molecule has 5 nitrogen and oxygen atoms in total. The van der Waals surface area contributed by atoms with Crippen LogP contribution >= 0.6 is 0 Å². The zero-order chi connectivity index (χ0) is 20.0. The third kappa shape index (κ3) is 6.53. The Morgan fingerprint density at radius 1 is 1.26 bits per heavy atom. The third-order valence-corrected chi connectivity index (χ3v) is 5.39. The van der Waals surface area contributed by atoms with Gasteiger partial charge in [0.05, 0.1) is 12.5 Å². The second-order valence-corrected chi connectivity index (χ2v) is 9.11. The molecule has 0 heterocycles. The van der Waals surface area contributed by atoms with Crippen molar-refractivity contribution in [1.82, 2.24) is 4.72 Å². The minimum atomic E-state index is -1.49. The zero-order valence-corrected chi connectivity index (χ0v) is 16.4. The number of rotatable bonds is 8. The molecule has 2 aromatic carbocycles. The summed E-state index contributed by atoms with van der Waals surface area (Å²) < 4.78 is 34.5. The van der Waals surface area contributed by atoms with Crippen LogP contribution in [0.15, 0.2) is 48.5 Å². The highest BCUT2D eigenvalue weighted by molar-refractivity contribution is 7.90. The van der Waals surface area contributed by atoms with E-state index in [2.05, 4.69) is 4.72 Å². The van der Waals surface area contributed by atoms with Crippen LogP contribution in [-0.2, 0) is 22.8 Å². The molecular formula is C20H24FNO4S. The second-order valence-electron chi connectivity index (χ2n) is 7.11. The first kappa shape index (κ1) is 21.2. The molecule has 2 N–H and O–H groups in total. The van der Waals surface area contributed by atoms with E-state index in [0.29, 0.717) is 5.56 Å². The highest BCUT2D eigenvalue weighted by Crippen LogP contribution is 2.27. The van der Waals surface area contributed by atoms with Gasteiger partial charge in [0.15, 0.2) is 11.6 Å². The Morgan fingerprint density at radius 2 is 1.93 bits per heavy atom. The highest BCUT2D eigenvalue weighted by atomic mass is 32.2. The number of nitrogens with one attached hydrogen (secondary N) is 1. The van der Waals surface area contributed by atoms with Gasteiger partial charge in [-0.25, -0.2) is 4.39 Å². The van der Waals surface area contributed by atoms with Crippen LogP contribution in [0, 0.1) is 5.82 Å². The summed E-state index contributed by atoms with van der Waals surface area (Å²) in [7, 11) is 0. The van der Waals surface area contributed by atoms with Gasteiger partial charge in [0.2, 0.25) is 0 Å². The van der Waals surface area contributed by atoms with Crippen molar-refractivity contribution >= 4 is 17.3 Å². The minimum absolute atomic E-state index is 0.0774. The molecule has 0 unspecified atom stereocenters. The molecule has 0 radical (unpaired) electrons. The van der Waals surface area contributed by atoms with Gasteiger partial charge in [0, 0.05) is 11.4 Å². The van der Waals surface area contributed by atoms with Crippen molar-refractivity contribution in [3.05, 3.63) is 65.5 Å². The van der Waals surface area contributed by atoms with Gasteiger partial charge in [-0.3, -0.25) is 4.79 Å².